The highest BCUT2D eigenvalue weighted by Gasteiger charge is 2.10. The molecule has 3 aromatic rings. The Morgan fingerprint density at radius 1 is 1.16 bits per heavy atom. The molecule has 0 radical (unpaired) electrons. The number of nitrogens with one attached hydrogen (secondary N) is 1. The van der Waals surface area contributed by atoms with Crippen molar-refractivity contribution in [2.45, 2.75) is 6.54 Å². The molecule has 1 amide bonds. The first-order valence-corrected chi connectivity index (χ1v) is 7.69. The Hall–Kier alpha value is -3.65. The van der Waals surface area contributed by atoms with Gasteiger partial charge in [-0.25, -0.2) is 0 Å². The van der Waals surface area contributed by atoms with E-state index in [0.717, 1.165) is 22.0 Å². The molecule has 3 rings (SSSR count). The van der Waals surface area contributed by atoms with E-state index < -0.39 is 5.91 Å². The van der Waals surface area contributed by atoms with Gasteiger partial charge in [-0.05, 0) is 41.5 Å². The largest absolute Gasteiger partial charge is 0.508 e. The molecule has 0 saturated carbocycles. The number of aromatic nitrogens is 1. The molecule has 25 heavy (non-hydrogen) atoms. The van der Waals surface area contributed by atoms with E-state index in [1.165, 1.54) is 0 Å². The van der Waals surface area contributed by atoms with Crippen LogP contribution in [-0.2, 0) is 11.3 Å². The second-order valence-electron chi connectivity index (χ2n) is 5.44. The Kier molecular flexibility index (Phi) is 4.72. The lowest BCUT2D eigenvalue weighted by Crippen LogP contribution is -2.23. The lowest BCUT2D eigenvalue weighted by atomic mass is 10.1. The zero-order chi connectivity index (χ0) is 17.6. The summed E-state index contributed by atoms with van der Waals surface area (Å²) in [5, 5.41) is 22.2. The summed E-state index contributed by atoms with van der Waals surface area (Å²) in [4.78, 5) is 16.6. The first-order valence-electron chi connectivity index (χ1n) is 7.69. The van der Waals surface area contributed by atoms with E-state index in [-0.39, 0.29) is 17.9 Å². The highest BCUT2D eigenvalue weighted by molar-refractivity contribution is 6.03. The molecule has 0 spiro atoms. The van der Waals surface area contributed by atoms with Crippen LogP contribution < -0.4 is 5.32 Å². The summed E-state index contributed by atoms with van der Waals surface area (Å²) < 4.78 is 0. The highest BCUT2D eigenvalue weighted by atomic mass is 16.3. The third-order valence-electron chi connectivity index (χ3n) is 3.74. The van der Waals surface area contributed by atoms with Crippen LogP contribution in [-0.4, -0.2) is 16.0 Å². The van der Waals surface area contributed by atoms with Crippen molar-refractivity contribution in [3.05, 3.63) is 77.5 Å². The molecule has 0 saturated heterocycles. The van der Waals surface area contributed by atoms with Gasteiger partial charge in [0.15, 0.2) is 0 Å². The normalized spacial score (nSPS) is 11.1. The number of pyridine rings is 1. The summed E-state index contributed by atoms with van der Waals surface area (Å²) >= 11 is 0. The lowest BCUT2D eigenvalue weighted by molar-refractivity contribution is -0.117. The molecule has 0 unspecified atom stereocenters. The van der Waals surface area contributed by atoms with Crippen LogP contribution in [0.25, 0.3) is 17.0 Å². The molecule has 0 bridgehead atoms. The van der Waals surface area contributed by atoms with Crippen molar-refractivity contribution in [3.8, 4) is 11.8 Å². The van der Waals surface area contributed by atoms with E-state index >= 15 is 0 Å². The van der Waals surface area contributed by atoms with Crippen LogP contribution in [0.1, 0.15) is 11.1 Å². The number of carbonyl (C=O) groups excluding carboxylic acids is 1. The van der Waals surface area contributed by atoms with Crippen molar-refractivity contribution in [3.63, 3.8) is 0 Å². The minimum Gasteiger partial charge on any atom is -0.508 e. The number of fused-ring (bicyclic) bond motifs is 1. The van der Waals surface area contributed by atoms with Crippen LogP contribution in [0.5, 0.6) is 5.75 Å². The molecular weight excluding hydrogens is 314 g/mol. The second kappa shape index (κ2) is 7.28. The number of hydrogen-bond acceptors (Lipinski definition) is 4. The van der Waals surface area contributed by atoms with Crippen LogP contribution in [0.15, 0.2) is 66.4 Å². The van der Waals surface area contributed by atoms with Gasteiger partial charge in [-0.1, -0.05) is 30.3 Å². The number of amides is 1. The maximum atomic E-state index is 12.3. The Morgan fingerprint density at radius 3 is 2.68 bits per heavy atom. The van der Waals surface area contributed by atoms with E-state index in [9.17, 15) is 15.2 Å². The van der Waals surface area contributed by atoms with E-state index in [1.807, 2.05) is 30.3 Å². The van der Waals surface area contributed by atoms with Crippen molar-refractivity contribution in [2.75, 3.05) is 0 Å². The fraction of sp³-hybridized carbons (Fsp3) is 0.0500. The number of nitriles is 1. The number of phenols is 1. The van der Waals surface area contributed by atoms with Crippen LogP contribution >= 0.6 is 0 Å². The standard InChI is InChI=1S/C20H15N3O2/c21-12-16(20(25)23-13-14-5-7-17(24)8-6-14)11-15-9-10-22-19-4-2-1-3-18(15)19/h1-11,24H,13H2,(H,23,25). The third-order valence-corrected chi connectivity index (χ3v) is 3.74. The predicted octanol–water partition coefficient (Wildman–Crippen LogP) is 3.16. The van der Waals surface area contributed by atoms with Crippen LogP contribution in [0.4, 0.5) is 0 Å². The molecular formula is C20H15N3O2. The number of rotatable bonds is 4. The zero-order valence-corrected chi connectivity index (χ0v) is 13.3. The molecule has 0 aliphatic heterocycles. The number of phenolic OH excluding ortho intramolecular Hbond substituents is 1. The van der Waals surface area contributed by atoms with Gasteiger partial charge in [-0.2, -0.15) is 5.26 Å². The number of carbonyl (C=O) groups is 1. The van der Waals surface area contributed by atoms with Gasteiger partial charge in [0.2, 0.25) is 0 Å². The van der Waals surface area contributed by atoms with Crippen LogP contribution in [0.3, 0.4) is 0 Å². The van der Waals surface area contributed by atoms with Crippen molar-refractivity contribution in [2.24, 2.45) is 0 Å². The number of nitrogens with zero attached hydrogens (tertiary/aromatic N) is 2. The smallest absolute Gasteiger partial charge is 0.262 e. The monoisotopic (exact) mass is 329 g/mol. The van der Waals surface area contributed by atoms with E-state index in [4.69, 9.17) is 0 Å². The maximum absolute atomic E-state index is 12.3. The number of para-hydroxylation sites is 1. The molecule has 1 aromatic heterocycles. The molecule has 0 atom stereocenters. The van der Waals surface area contributed by atoms with Crippen LogP contribution in [0, 0.1) is 11.3 Å². The number of benzene rings is 2. The summed E-state index contributed by atoms with van der Waals surface area (Å²) in [5.41, 5.74) is 2.42. The van der Waals surface area contributed by atoms with Crippen molar-refractivity contribution >= 4 is 22.9 Å². The predicted molar refractivity (Wildman–Crippen MR) is 95.3 cm³/mol. The van der Waals surface area contributed by atoms with Gasteiger partial charge in [0.05, 0.1) is 5.52 Å². The Morgan fingerprint density at radius 2 is 1.92 bits per heavy atom. The molecule has 0 aliphatic rings. The molecule has 0 aliphatic carbocycles. The molecule has 5 nitrogen and oxygen atoms in total. The van der Waals surface area contributed by atoms with Gasteiger partial charge >= 0.3 is 0 Å². The maximum Gasteiger partial charge on any atom is 0.262 e. The summed E-state index contributed by atoms with van der Waals surface area (Å²) in [6.07, 6.45) is 3.22. The zero-order valence-electron chi connectivity index (χ0n) is 13.3. The lowest BCUT2D eigenvalue weighted by Gasteiger charge is -2.06. The van der Waals surface area contributed by atoms with E-state index in [0.29, 0.717) is 0 Å². The fourth-order valence-electron chi connectivity index (χ4n) is 2.44. The van der Waals surface area contributed by atoms with E-state index in [1.54, 1.807) is 42.6 Å². The molecule has 2 aromatic carbocycles. The summed E-state index contributed by atoms with van der Waals surface area (Å²) in [7, 11) is 0. The number of hydrogen-bond donors (Lipinski definition) is 2. The molecule has 2 N–H and O–H groups in total. The summed E-state index contributed by atoms with van der Waals surface area (Å²) in [6, 6.07) is 17.8. The fourth-order valence-corrected chi connectivity index (χ4v) is 2.44. The average Bonchev–Trinajstić information content (AvgIpc) is 2.65. The average molecular weight is 329 g/mol. The summed E-state index contributed by atoms with van der Waals surface area (Å²) in [6.45, 7) is 0.273. The second-order valence-corrected chi connectivity index (χ2v) is 5.44. The van der Waals surface area contributed by atoms with Gasteiger partial charge in [-0.15, -0.1) is 0 Å². The molecule has 1 heterocycles. The third kappa shape index (κ3) is 3.82. The molecule has 5 heteroatoms. The Bertz CT molecular complexity index is 980. The number of aromatic hydroxyl groups is 1. The minimum absolute atomic E-state index is 0.0233. The van der Waals surface area contributed by atoms with Crippen molar-refractivity contribution < 1.29 is 9.90 Å². The van der Waals surface area contributed by atoms with Gasteiger partial charge in [0, 0.05) is 18.1 Å². The Labute approximate surface area is 144 Å². The van der Waals surface area contributed by atoms with Crippen molar-refractivity contribution in [1.82, 2.24) is 10.3 Å². The van der Waals surface area contributed by atoms with Gasteiger partial charge in [0.1, 0.15) is 17.4 Å². The van der Waals surface area contributed by atoms with Gasteiger partial charge in [0.25, 0.3) is 5.91 Å². The minimum atomic E-state index is -0.448. The molecule has 0 fully saturated rings. The molecule has 122 valence electrons. The van der Waals surface area contributed by atoms with Gasteiger partial charge in [-0.3, -0.25) is 9.78 Å². The van der Waals surface area contributed by atoms with Crippen LogP contribution in [0.2, 0.25) is 0 Å². The summed E-state index contributed by atoms with van der Waals surface area (Å²) in [5.74, 6) is -0.284. The van der Waals surface area contributed by atoms with E-state index in [2.05, 4.69) is 10.3 Å². The quantitative estimate of drug-likeness (QED) is 0.568. The van der Waals surface area contributed by atoms with Gasteiger partial charge < -0.3 is 10.4 Å². The SMILES string of the molecule is N#CC(=Cc1ccnc2ccccc12)C(=O)NCc1ccc(O)cc1. The van der Waals surface area contributed by atoms with Crippen molar-refractivity contribution in [1.29, 1.82) is 5.26 Å². The first kappa shape index (κ1) is 16.2. The first-order chi connectivity index (χ1) is 12.2. The topological polar surface area (TPSA) is 86.0 Å². The Balaban J connectivity index is 1.81. The highest BCUT2D eigenvalue weighted by Crippen LogP contribution is 2.19.